The average Bonchev–Trinajstić information content (AvgIpc) is 3.65. The lowest BCUT2D eigenvalue weighted by molar-refractivity contribution is 0.673. The summed E-state index contributed by atoms with van der Waals surface area (Å²) in [7, 11) is 0. The SMILES string of the molecule is c1ccc(-c2ccc(-c3cc(N(c4ccc(-c5ccccc5)cc4)c4ccc(-c5ccccc5)cc4)c4c(c3)oc3c5ccccc5ccc34)cc2)cc1. The van der Waals surface area contributed by atoms with Crippen LogP contribution < -0.4 is 4.90 Å². The van der Waals surface area contributed by atoms with Crippen molar-refractivity contribution < 1.29 is 4.42 Å². The van der Waals surface area contributed by atoms with E-state index >= 15 is 0 Å². The molecule has 0 unspecified atom stereocenters. The van der Waals surface area contributed by atoms with E-state index in [1.807, 2.05) is 0 Å². The summed E-state index contributed by atoms with van der Waals surface area (Å²) in [5, 5.41) is 4.44. The van der Waals surface area contributed by atoms with Gasteiger partial charge in [-0.25, -0.2) is 0 Å². The molecule has 0 amide bonds. The van der Waals surface area contributed by atoms with Crippen LogP contribution >= 0.6 is 0 Å². The van der Waals surface area contributed by atoms with Crippen LogP contribution in [0.15, 0.2) is 217 Å². The zero-order valence-corrected chi connectivity index (χ0v) is 29.6. The molecule has 0 aliphatic carbocycles. The molecule has 2 heteroatoms. The molecular weight excluding hydrogens is 655 g/mol. The maximum Gasteiger partial charge on any atom is 0.143 e. The van der Waals surface area contributed by atoms with E-state index in [0.29, 0.717) is 0 Å². The number of rotatable bonds is 7. The second-order valence-corrected chi connectivity index (χ2v) is 13.7. The molecule has 0 bridgehead atoms. The first-order valence-electron chi connectivity index (χ1n) is 18.4. The molecule has 0 N–H and O–H groups in total. The number of nitrogens with zero attached hydrogens (tertiary/aromatic N) is 1. The van der Waals surface area contributed by atoms with Crippen LogP contribution in [0.3, 0.4) is 0 Å². The number of benzene rings is 9. The standard InChI is InChI=1S/C52H35NO/c1-4-12-36(13-5-1)39-20-22-42(23-21-39)44-34-49(51-48-33-28-43-18-10-11-19-47(43)52(48)54-50(51)35-44)53(45-29-24-40(25-30-45)37-14-6-2-7-15-37)46-31-26-41(27-32-46)38-16-8-3-9-17-38/h1-35H. The van der Waals surface area contributed by atoms with Gasteiger partial charge >= 0.3 is 0 Å². The van der Waals surface area contributed by atoms with Crippen molar-refractivity contribution in [1.82, 2.24) is 0 Å². The summed E-state index contributed by atoms with van der Waals surface area (Å²) >= 11 is 0. The molecule has 0 aliphatic heterocycles. The maximum absolute atomic E-state index is 6.91. The Bertz CT molecular complexity index is 2790. The first kappa shape index (κ1) is 31.6. The highest BCUT2D eigenvalue weighted by molar-refractivity contribution is 6.20. The Balaban J connectivity index is 1.21. The fourth-order valence-corrected chi connectivity index (χ4v) is 7.73. The molecule has 1 aromatic heterocycles. The second kappa shape index (κ2) is 13.4. The van der Waals surface area contributed by atoms with Crippen LogP contribution in [0.25, 0.3) is 77.2 Å². The highest BCUT2D eigenvalue weighted by atomic mass is 16.3. The highest BCUT2D eigenvalue weighted by Gasteiger charge is 2.22. The van der Waals surface area contributed by atoms with Gasteiger partial charge in [0.2, 0.25) is 0 Å². The van der Waals surface area contributed by atoms with Gasteiger partial charge < -0.3 is 9.32 Å². The van der Waals surface area contributed by atoms with E-state index in [0.717, 1.165) is 60.9 Å². The predicted molar refractivity (Wildman–Crippen MR) is 228 cm³/mol. The third kappa shape index (κ3) is 5.71. The Kier molecular flexibility index (Phi) is 7.85. The van der Waals surface area contributed by atoms with E-state index < -0.39 is 0 Å². The Morgan fingerprint density at radius 2 is 0.741 bits per heavy atom. The number of furan rings is 1. The van der Waals surface area contributed by atoms with Crippen LogP contribution in [0.1, 0.15) is 0 Å². The van der Waals surface area contributed by atoms with Crippen molar-refractivity contribution in [2.75, 3.05) is 4.90 Å². The maximum atomic E-state index is 6.91. The lowest BCUT2D eigenvalue weighted by Gasteiger charge is -2.27. The van der Waals surface area contributed by atoms with Gasteiger partial charge in [0.25, 0.3) is 0 Å². The zero-order valence-electron chi connectivity index (χ0n) is 29.6. The van der Waals surface area contributed by atoms with Gasteiger partial charge in [-0.2, -0.15) is 0 Å². The normalized spacial score (nSPS) is 11.3. The molecule has 0 radical (unpaired) electrons. The molecule has 9 aromatic carbocycles. The molecular formula is C52H35NO. The number of anilines is 3. The van der Waals surface area contributed by atoms with Gasteiger partial charge in [-0.3, -0.25) is 0 Å². The Labute approximate surface area is 314 Å². The first-order chi connectivity index (χ1) is 26.8. The van der Waals surface area contributed by atoms with Crippen molar-refractivity contribution in [2.45, 2.75) is 0 Å². The second-order valence-electron chi connectivity index (χ2n) is 13.7. The summed E-state index contributed by atoms with van der Waals surface area (Å²) in [5.41, 5.74) is 14.3. The van der Waals surface area contributed by atoms with Gasteiger partial charge in [0.15, 0.2) is 0 Å². The van der Waals surface area contributed by atoms with Gasteiger partial charge in [0.1, 0.15) is 11.2 Å². The predicted octanol–water partition coefficient (Wildman–Crippen LogP) is 14.9. The van der Waals surface area contributed by atoms with Crippen LogP contribution in [0.2, 0.25) is 0 Å². The molecule has 1 heterocycles. The van der Waals surface area contributed by atoms with Crippen LogP contribution in [0.5, 0.6) is 0 Å². The largest absolute Gasteiger partial charge is 0.455 e. The van der Waals surface area contributed by atoms with E-state index in [9.17, 15) is 0 Å². The van der Waals surface area contributed by atoms with Crippen molar-refractivity contribution in [1.29, 1.82) is 0 Å². The van der Waals surface area contributed by atoms with Crippen molar-refractivity contribution >= 4 is 49.8 Å². The van der Waals surface area contributed by atoms with Gasteiger partial charge in [-0.1, -0.05) is 170 Å². The third-order valence-corrected chi connectivity index (χ3v) is 10.5. The topological polar surface area (TPSA) is 16.4 Å². The van der Waals surface area contributed by atoms with Crippen LogP contribution in [0.4, 0.5) is 17.1 Å². The van der Waals surface area contributed by atoms with E-state index in [4.69, 9.17) is 4.42 Å². The van der Waals surface area contributed by atoms with Crippen molar-refractivity contribution in [3.05, 3.63) is 212 Å². The Hall–Kier alpha value is -7.16. The average molecular weight is 690 g/mol. The first-order valence-corrected chi connectivity index (χ1v) is 18.4. The van der Waals surface area contributed by atoms with E-state index in [1.165, 1.54) is 33.4 Å². The van der Waals surface area contributed by atoms with Crippen molar-refractivity contribution in [3.8, 4) is 44.5 Å². The molecule has 10 rings (SSSR count). The van der Waals surface area contributed by atoms with E-state index in [-0.39, 0.29) is 0 Å². The van der Waals surface area contributed by atoms with Gasteiger partial charge in [0, 0.05) is 22.1 Å². The number of fused-ring (bicyclic) bond motifs is 5. The monoisotopic (exact) mass is 689 g/mol. The number of hydrogen-bond acceptors (Lipinski definition) is 2. The fraction of sp³-hybridized carbons (Fsp3) is 0. The molecule has 54 heavy (non-hydrogen) atoms. The molecule has 10 aromatic rings. The minimum atomic E-state index is 0.854. The van der Waals surface area contributed by atoms with Gasteiger partial charge in [-0.05, 0) is 92.4 Å². The lowest BCUT2D eigenvalue weighted by atomic mass is 9.97. The molecule has 254 valence electrons. The van der Waals surface area contributed by atoms with E-state index in [2.05, 4.69) is 217 Å². The third-order valence-electron chi connectivity index (χ3n) is 10.5. The molecule has 0 fully saturated rings. The van der Waals surface area contributed by atoms with Crippen LogP contribution in [0, 0.1) is 0 Å². The summed E-state index contributed by atoms with van der Waals surface area (Å²) in [4.78, 5) is 2.39. The van der Waals surface area contributed by atoms with Crippen LogP contribution in [-0.2, 0) is 0 Å². The van der Waals surface area contributed by atoms with Crippen molar-refractivity contribution in [3.63, 3.8) is 0 Å². The van der Waals surface area contributed by atoms with Crippen LogP contribution in [-0.4, -0.2) is 0 Å². The smallest absolute Gasteiger partial charge is 0.143 e. The Morgan fingerprint density at radius 1 is 0.315 bits per heavy atom. The zero-order chi connectivity index (χ0) is 35.8. The minimum absolute atomic E-state index is 0.854. The molecule has 0 aliphatic rings. The summed E-state index contributed by atoms with van der Waals surface area (Å²) in [5.74, 6) is 0. The van der Waals surface area contributed by atoms with Crippen molar-refractivity contribution in [2.24, 2.45) is 0 Å². The quantitative estimate of drug-likeness (QED) is 0.166. The van der Waals surface area contributed by atoms with Gasteiger partial charge in [0.05, 0.1) is 11.1 Å². The highest BCUT2D eigenvalue weighted by Crippen LogP contribution is 2.47. The molecule has 0 saturated carbocycles. The summed E-state index contributed by atoms with van der Waals surface area (Å²) < 4.78 is 6.91. The summed E-state index contributed by atoms with van der Waals surface area (Å²) in [6.45, 7) is 0. The molecule has 2 nitrogen and oxygen atoms in total. The molecule has 0 spiro atoms. The summed E-state index contributed by atoms with van der Waals surface area (Å²) in [6.07, 6.45) is 0. The number of hydrogen-bond donors (Lipinski definition) is 0. The summed E-state index contributed by atoms with van der Waals surface area (Å²) in [6, 6.07) is 75.8. The van der Waals surface area contributed by atoms with E-state index in [1.54, 1.807) is 0 Å². The Morgan fingerprint density at radius 3 is 1.26 bits per heavy atom. The molecule has 0 atom stereocenters. The fourth-order valence-electron chi connectivity index (χ4n) is 7.73. The molecule has 0 saturated heterocycles. The van der Waals surface area contributed by atoms with Gasteiger partial charge in [-0.15, -0.1) is 0 Å². The minimum Gasteiger partial charge on any atom is -0.455 e. The lowest BCUT2D eigenvalue weighted by Crippen LogP contribution is -2.10.